The molecule has 0 spiro atoms. The summed E-state index contributed by atoms with van der Waals surface area (Å²) in [5.74, 6) is 0.497. The average molecular weight is 239 g/mol. The summed E-state index contributed by atoms with van der Waals surface area (Å²) in [5.41, 5.74) is 0.959. The molecule has 0 saturated heterocycles. The monoisotopic (exact) mass is 239 g/mol. The molecular weight excluding hydrogens is 218 g/mol. The van der Waals surface area contributed by atoms with Crippen molar-refractivity contribution in [3.05, 3.63) is 11.8 Å². The number of amides is 1. The standard InChI is InChI=1S/C12H21N3O2/c1-5-6-7-17-11(16)13-10-8-9(14-15-10)12(2,3)4/h8H,5-7H2,1-4H3,(H2,13,14,15,16). The average Bonchev–Trinajstić information content (AvgIpc) is 2.66. The van der Waals surface area contributed by atoms with E-state index in [1.54, 1.807) is 0 Å². The highest BCUT2D eigenvalue weighted by atomic mass is 16.5. The zero-order chi connectivity index (χ0) is 12.9. The number of rotatable bonds is 4. The largest absolute Gasteiger partial charge is 0.449 e. The second-order valence-electron chi connectivity index (χ2n) is 5.03. The third kappa shape index (κ3) is 4.46. The van der Waals surface area contributed by atoms with E-state index in [4.69, 9.17) is 4.74 Å². The summed E-state index contributed by atoms with van der Waals surface area (Å²) < 4.78 is 4.98. The molecule has 0 radical (unpaired) electrons. The van der Waals surface area contributed by atoms with Crippen LogP contribution in [0.5, 0.6) is 0 Å². The van der Waals surface area contributed by atoms with Gasteiger partial charge < -0.3 is 4.74 Å². The van der Waals surface area contributed by atoms with Gasteiger partial charge in [0.25, 0.3) is 0 Å². The number of ether oxygens (including phenoxy) is 1. The Kier molecular flexibility index (Phi) is 4.54. The van der Waals surface area contributed by atoms with E-state index >= 15 is 0 Å². The second-order valence-corrected chi connectivity index (χ2v) is 5.03. The van der Waals surface area contributed by atoms with Crippen LogP contribution in [0.2, 0.25) is 0 Å². The summed E-state index contributed by atoms with van der Waals surface area (Å²) in [4.78, 5) is 11.4. The topological polar surface area (TPSA) is 67.0 Å². The summed E-state index contributed by atoms with van der Waals surface area (Å²) in [6.45, 7) is 8.71. The lowest BCUT2D eigenvalue weighted by atomic mass is 9.92. The van der Waals surface area contributed by atoms with Gasteiger partial charge in [-0.25, -0.2) is 4.79 Å². The van der Waals surface area contributed by atoms with Gasteiger partial charge in [0, 0.05) is 17.2 Å². The Hall–Kier alpha value is -1.52. The van der Waals surface area contributed by atoms with Gasteiger partial charge in [0.05, 0.1) is 6.61 Å². The Morgan fingerprint density at radius 3 is 2.76 bits per heavy atom. The third-order valence-electron chi connectivity index (χ3n) is 2.35. The van der Waals surface area contributed by atoms with Gasteiger partial charge in [-0.15, -0.1) is 0 Å². The van der Waals surface area contributed by atoms with Gasteiger partial charge >= 0.3 is 6.09 Å². The van der Waals surface area contributed by atoms with E-state index in [0.29, 0.717) is 12.4 Å². The van der Waals surface area contributed by atoms with Crippen molar-refractivity contribution in [3.8, 4) is 0 Å². The summed E-state index contributed by atoms with van der Waals surface area (Å²) in [6.07, 6.45) is 1.43. The number of nitrogens with zero attached hydrogens (tertiary/aromatic N) is 1. The predicted molar refractivity (Wildman–Crippen MR) is 67.2 cm³/mol. The summed E-state index contributed by atoms with van der Waals surface area (Å²) in [6, 6.07) is 1.82. The molecule has 5 nitrogen and oxygen atoms in total. The number of hydrogen-bond donors (Lipinski definition) is 2. The molecule has 1 heterocycles. The first kappa shape index (κ1) is 13.5. The lowest BCUT2D eigenvalue weighted by molar-refractivity contribution is 0.160. The second kappa shape index (κ2) is 5.70. The van der Waals surface area contributed by atoms with E-state index in [0.717, 1.165) is 18.5 Å². The molecule has 0 unspecified atom stereocenters. The van der Waals surface area contributed by atoms with Crippen molar-refractivity contribution in [2.75, 3.05) is 11.9 Å². The first-order valence-corrected chi connectivity index (χ1v) is 5.93. The van der Waals surface area contributed by atoms with E-state index in [2.05, 4.69) is 36.3 Å². The van der Waals surface area contributed by atoms with Crippen molar-refractivity contribution in [1.82, 2.24) is 10.2 Å². The van der Waals surface area contributed by atoms with Crippen LogP contribution in [-0.2, 0) is 10.2 Å². The maximum absolute atomic E-state index is 11.4. The van der Waals surface area contributed by atoms with Gasteiger partial charge in [-0.05, 0) is 6.42 Å². The number of hydrogen-bond acceptors (Lipinski definition) is 3. The molecule has 17 heavy (non-hydrogen) atoms. The lowest BCUT2D eigenvalue weighted by Gasteiger charge is -2.14. The van der Waals surface area contributed by atoms with Crippen LogP contribution in [-0.4, -0.2) is 22.9 Å². The highest BCUT2D eigenvalue weighted by Gasteiger charge is 2.17. The van der Waals surface area contributed by atoms with Gasteiger partial charge in [0.1, 0.15) is 0 Å². The van der Waals surface area contributed by atoms with Gasteiger partial charge in [0.15, 0.2) is 5.82 Å². The molecule has 0 fully saturated rings. The van der Waals surface area contributed by atoms with Crippen LogP contribution >= 0.6 is 0 Å². The number of nitrogens with one attached hydrogen (secondary N) is 2. The number of aromatic nitrogens is 2. The Morgan fingerprint density at radius 1 is 1.53 bits per heavy atom. The smallest absolute Gasteiger partial charge is 0.412 e. The zero-order valence-corrected chi connectivity index (χ0v) is 11.0. The molecule has 1 rings (SSSR count). The fraction of sp³-hybridized carbons (Fsp3) is 0.667. The number of aromatic amines is 1. The third-order valence-corrected chi connectivity index (χ3v) is 2.35. The normalized spacial score (nSPS) is 11.3. The van der Waals surface area contributed by atoms with Crippen molar-refractivity contribution in [1.29, 1.82) is 0 Å². The van der Waals surface area contributed by atoms with E-state index < -0.39 is 6.09 Å². The van der Waals surface area contributed by atoms with Crippen LogP contribution in [0.3, 0.4) is 0 Å². The highest BCUT2D eigenvalue weighted by Crippen LogP contribution is 2.21. The summed E-state index contributed by atoms with van der Waals surface area (Å²) >= 11 is 0. The number of unbranched alkanes of at least 4 members (excludes halogenated alkanes) is 1. The molecule has 96 valence electrons. The number of anilines is 1. The highest BCUT2D eigenvalue weighted by molar-refractivity contribution is 5.83. The maximum Gasteiger partial charge on any atom is 0.412 e. The molecule has 5 heteroatoms. The molecular formula is C12H21N3O2. The van der Waals surface area contributed by atoms with Gasteiger partial charge in [-0.3, -0.25) is 10.4 Å². The minimum absolute atomic E-state index is 0.0148. The van der Waals surface area contributed by atoms with Crippen LogP contribution in [0.25, 0.3) is 0 Å². The predicted octanol–water partition coefficient (Wildman–Crippen LogP) is 3.06. The quantitative estimate of drug-likeness (QED) is 0.793. The molecule has 0 aromatic carbocycles. The zero-order valence-electron chi connectivity index (χ0n) is 11.0. The molecule has 0 aliphatic heterocycles. The van der Waals surface area contributed by atoms with Gasteiger partial charge in [-0.2, -0.15) is 5.10 Å². The van der Waals surface area contributed by atoms with Crippen molar-refractivity contribution in [3.63, 3.8) is 0 Å². The molecule has 1 aromatic heterocycles. The SMILES string of the molecule is CCCCOC(=O)Nc1cc(C(C)(C)C)[nH]n1. The van der Waals surface area contributed by atoms with Crippen LogP contribution in [0.4, 0.5) is 10.6 Å². The van der Waals surface area contributed by atoms with E-state index in [9.17, 15) is 4.79 Å². The first-order chi connectivity index (χ1) is 7.93. The van der Waals surface area contributed by atoms with Crippen molar-refractivity contribution in [2.24, 2.45) is 0 Å². The van der Waals surface area contributed by atoms with Crippen molar-refractivity contribution < 1.29 is 9.53 Å². The van der Waals surface area contributed by atoms with Crippen LogP contribution in [0, 0.1) is 0 Å². The van der Waals surface area contributed by atoms with Gasteiger partial charge in [0.2, 0.25) is 0 Å². The van der Waals surface area contributed by atoms with E-state index in [1.165, 1.54) is 0 Å². The molecule has 0 atom stereocenters. The number of H-pyrrole nitrogens is 1. The molecule has 0 aliphatic rings. The Labute approximate surface area is 102 Å². The Bertz CT molecular complexity index is 366. The van der Waals surface area contributed by atoms with E-state index in [-0.39, 0.29) is 5.41 Å². The number of carbonyl (C=O) groups excluding carboxylic acids is 1. The fourth-order valence-corrected chi connectivity index (χ4v) is 1.22. The van der Waals surface area contributed by atoms with Crippen LogP contribution in [0.1, 0.15) is 46.2 Å². The minimum atomic E-state index is -0.453. The van der Waals surface area contributed by atoms with Gasteiger partial charge in [-0.1, -0.05) is 34.1 Å². The summed E-state index contributed by atoms with van der Waals surface area (Å²) in [5, 5.41) is 9.50. The molecule has 0 aliphatic carbocycles. The molecule has 1 aromatic rings. The van der Waals surface area contributed by atoms with Crippen LogP contribution < -0.4 is 5.32 Å². The lowest BCUT2D eigenvalue weighted by Crippen LogP contribution is -2.14. The molecule has 2 N–H and O–H groups in total. The first-order valence-electron chi connectivity index (χ1n) is 5.93. The molecule has 0 saturated carbocycles. The Balaban J connectivity index is 2.46. The minimum Gasteiger partial charge on any atom is -0.449 e. The van der Waals surface area contributed by atoms with Crippen molar-refractivity contribution in [2.45, 2.75) is 46.0 Å². The Morgan fingerprint density at radius 2 is 2.24 bits per heavy atom. The number of carbonyl (C=O) groups is 1. The van der Waals surface area contributed by atoms with Crippen LogP contribution in [0.15, 0.2) is 6.07 Å². The van der Waals surface area contributed by atoms with Crippen molar-refractivity contribution >= 4 is 11.9 Å². The van der Waals surface area contributed by atoms with E-state index in [1.807, 2.05) is 13.0 Å². The summed E-state index contributed by atoms with van der Waals surface area (Å²) in [7, 11) is 0. The fourth-order valence-electron chi connectivity index (χ4n) is 1.22. The molecule has 0 bridgehead atoms. The molecule has 1 amide bonds. The maximum atomic E-state index is 11.4.